The van der Waals surface area contributed by atoms with Gasteiger partial charge in [-0.2, -0.15) is 12.7 Å². The van der Waals surface area contributed by atoms with Crippen molar-refractivity contribution in [2.24, 2.45) is 0 Å². The van der Waals surface area contributed by atoms with Gasteiger partial charge >= 0.3 is 0 Å². The molecule has 1 fully saturated rings. The van der Waals surface area contributed by atoms with Crippen molar-refractivity contribution >= 4 is 21.5 Å². The van der Waals surface area contributed by atoms with Crippen molar-refractivity contribution in [2.75, 3.05) is 19.6 Å². The SMILES string of the molecule is O=S(=O)(NCCc1cccs1)N1CC1. The Morgan fingerprint density at radius 2 is 2.29 bits per heavy atom. The molecule has 6 heteroatoms. The van der Waals surface area contributed by atoms with Crippen LogP contribution in [0.1, 0.15) is 4.88 Å². The average Bonchev–Trinajstić information content (AvgIpc) is 2.87. The molecule has 1 aromatic rings. The molecule has 78 valence electrons. The average molecular weight is 232 g/mol. The summed E-state index contributed by atoms with van der Waals surface area (Å²) in [6.45, 7) is 1.81. The quantitative estimate of drug-likeness (QED) is 0.749. The summed E-state index contributed by atoms with van der Waals surface area (Å²) in [6.07, 6.45) is 0.769. The standard InChI is InChI=1S/C8H12N2O2S2/c11-14(12,10-5-6-10)9-4-3-8-2-1-7-13-8/h1-2,7,9H,3-6H2. The van der Waals surface area contributed by atoms with Gasteiger partial charge in [-0.3, -0.25) is 0 Å². The summed E-state index contributed by atoms with van der Waals surface area (Å²) in [7, 11) is -3.15. The van der Waals surface area contributed by atoms with Gasteiger partial charge in [0.15, 0.2) is 0 Å². The fourth-order valence-corrected chi connectivity index (χ4v) is 2.94. The highest BCUT2D eigenvalue weighted by atomic mass is 32.2. The number of hydrogen-bond acceptors (Lipinski definition) is 3. The molecule has 2 heterocycles. The maximum absolute atomic E-state index is 11.3. The first-order valence-corrected chi connectivity index (χ1v) is 6.77. The van der Waals surface area contributed by atoms with Gasteiger partial charge in [0.25, 0.3) is 10.2 Å². The summed E-state index contributed by atoms with van der Waals surface area (Å²) < 4.78 is 26.7. The molecule has 0 atom stereocenters. The van der Waals surface area contributed by atoms with E-state index < -0.39 is 10.2 Å². The zero-order chi connectivity index (χ0) is 10.0. The van der Waals surface area contributed by atoms with E-state index in [1.807, 2.05) is 17.5 Å². The molecule has 1 aliphatic rings. The molecular weight excluding hydrogens is 220 g/mol. The fraction of sp³-hybridized carbons (Fsp3) is 0.500. The first kappa shape index (κ1) is 10.1. The molecule has 0 amide bonds. The van der Waals surface area contributed by atoms with Crippen LogP contribution in [0.25, 0.3) is 0 Å². The third-order valence-electron chi connectivity index (χ3n) is 1.98. The van der Waals surface area contributed by atoms with E-state index in [2.05, 4.69) is 4.72 Å². The number of hydrogen-bond donors (Lipinski definition) is 1. The van der Waals surface area contributed by atoms with Crippen LogP contribution in [-0.4, -0.2) is 32.4 Å². The van der Waals surface area contributed by atoms with E-state index in [4.69, 9.17) is 0 Å². The Kier molecular flexibility index (Phi) is 2.87. The van der Waals surface area contributed by atoms with Crippen molar-refractivity contribution in [3.8, 4) is 0 Å². The van der Waals surface area contributed by atoms with Gasteiger partial charge in [0.2, 0.25) is 0 Å². The Balaban J connectivity index is 1.78. The van der Waals surface area contributed by atoms with Gasteiger partial charge in [0, 0.05) is 24.5 Å². The number of thiophene rings is 1. The Morgan fingerprint density at radius 1 is 1.50 bits per heavy atom. The number of nitrogens with zero attached hydrogens (tertiary/aromatic N) is 1. The van der Waals surface area contributed by atoms with Crippen LogP contribution in [0.4, 0.5) is 0 Å². The summed E-state index contributed by atoms with van der Waals surface area (Å²) in [4.78, 5) is 1.21. The lowest BCUT2D eigenvalue weighted by molar-refractivity contribution is 0.547. The molecule has 0 saturated carbocycles. The molecular formula is C8H12N2O2S2. The minimum atomic E-state index is -3.15. The van der Waals surface area contributed by atoms with Crippen molar-refractivity contribution in [3.63, 3.8) is 0 Å². The molecule has 14 heavy (non-hydrogen) atoms. The largest absolute Gasteiger partial charge is 0.279 e. The molecule has 4 nitrogen and oxygen atoms in total. The van der Waals surface area contributed by atoms with Crippen molar-refractivity contribution in [1.29, 1.82) is 0 Å². The highest BCUT2D eigenvalue weighted by Gasteiger charge is 2.30. The summed E-state index contributed by atoms with van der Waals surface area (Å²) in [5, 5.41) is 1.99. The van der Waals surface area contributed by atoms with Crippen LogP contribution in [0.3, 0.4) is 0 Å². The van der Waals surface area contributed by atoms with Crippen LogP contribution in [0, 0.1) is 0 Å². The van der Waals surface area contributed by atoms with Crippen molar-refractivity contribution in [1.82, 2.24) is 9.03 Å². The second kappa shape index (κ2) is 3.98. The number of rotatable bonds is 5. The first-order valence-electron chi connectivity index (χ1n) is 4.45. The molecule has 0 spiro atoms. The third-order valence-corrected chi connectivity index (χ3v) is 4.53. The normalized spacial score (nSPS) is 17.1. The Labute approximate surface area is 87.7 Å². The van der Waals surface area contributed by atoms with Crippen molar-refractivity contribution < 1.29 is 8.42 Å². The zero-order valence-electron chi connectivity index (χ0n) is 7.64. The van der Waals surface area contributed by atoms with E-state index in [9.17, 15) is 8.42 Å². The van der Waals surface area contributed by atoms with Crippen molar-refractivity contribution in [3.05, 3.63) is 22.4 Å². The van der Waals surface area contributed by atoms with E-state index >= 15 is 0 Å². The fourth-order valence-electron chi connectivity index (χ4n) is 1.13. The predicted octanol–water partition coefficient (Wildman–Crippen LogP) is 0.441. The second-order valence-corrected chi connectivity index (χ2v) is 5.92. The maximum Gasteiger partial charge on any atom is 0.279 e. The second-order valence-electron chi connectivity index (χ2n) is 3.13. The Hall–Kier alpha value is -0.430. The molecule has 0 unspecified atom stereocenters. The Bertz CT molecular complexity index is 381. The topological polar surface area (TPSA) is 49.2 Å². The summed E-state index contributed by atoms with van der Waals surface area (Å²) in [5.41, 5.74) is 0. The predicted molar refractivity (Wildman–Crippen MR) is 56.5 cm³/mol. The van der Waals surface area contributed by atoms with Crippen LogP contribution >= 0.6 is 11.3 Å². The highest BCUT2D eigenvalue weighted by Crippen LogP contribution is 2.11. The lowest BCUT2D eigenvalue weighted by Crippen LogP contribution is -2.31. The van der Waals surface area contributed by atoms with E-state index in [1.165, 1.54) is 9.18 Å². The van der Waals surface area contributed by atoms with Crippen LogP contribution in [0.15, 0.2) is 17.5 Å². The summed E-state index contributed by atoms with van der Waals surface area (Å²) in [6, 6.07) is 3.98. The molecule has 2 rings (SSSR count). The molecule has 1 aliphatic heterocycles. The van der Waals surface area contributed by atoms with E-state index in [1.54, 1.807) is 11.3 Å². The van der Waals surface area contributed by atoms with E-state index in [0.29, 0.717) is 19.6 Å². The van der Waals surface area contributed by atoms with Gasteiger partial charge in [-0.25, -0.2) is 4.72 Å². The minimum Gasteiger partial charge on any atom is -0.202 e. The van der Waals surface area contributed by atoms with Crippen LogP contribution in [0.5, 0.6) is 0 Å². The molecule has 0 radical (unpaired) electrons. The molecule has 1 aromatic heterocycles. The van der Waals surface area contributed by atoms with Gasteiger partial charge in [0.1, 0.15) is 0 Å². The zero-order valence-corrected chi connectivity index (χ0v) is 9.27. The maximum atomic E-state index is 11.3. The third kappa shape index (κ3) is 2.54. The van der Waals surface area contributed by atoms with Crippen molar-refractivity contribution in [2.45, 2.75) is 6.42 Å². The van der Waals surface area contributed by atoms with Gasteiger partial charge in [-0.15, -0.1) is 11.3 Å². The lowest BCUT2D eigenvalue weighted by Gasteiger charge is -2.04. The van der Waals surface area contributed by atoms with Crippen LogP contribution < -0.4 is 4.72 Å². The van der Waals surface area contributed by atoms with Gasteiger partial charge in [-0.05, 0) is 17.9 Å². The van der Waals surface area contributed by atoms with E-state index in [-0.39, 0.29) is 0 Å². The van der Waals surface area contributed by atoms with Crippen LogP contribution in [-0.2, 0) is 16.6 Å². The van der Waals surface area contributed by atoms with Gasteiger partial charge < -0.3 is 0 Å². The summed E-state index contributed by atoms with van der Waals surface area (Å²) in [5.74, 6) is 0. The minimum absolute atomic E-state index is 0.485. The van der Waals surface area contributed by atoms with Crippen LogP contribution in [0.2, 0.25) is 0 Å². The highest BCUT2D eigenvalue weighted by molar-refractivity contribution is 7.87. The number of nitrogens with one attached hydrogen (secondary N) is 1. The smallest absolute Gasteiger partial charge is 0.202 e. The Morgan fingerprint density at radius 3 is 2.86 bits per heavy atom. The lowest BCUT2D eigenvalue weighted by atomic mass is 10.3. The molecule has 1 N–H and O–H groups in total. The molecule has 0 aromatic carbocycles. The van der Waals surface area contributed by atoms with Gasteiger partial charge in [0.05, 0.1) is 0 Å². The van der Waals surface area contributed by atoms with E-state index in [0.717, 1.165) is 6.42 Å². The van der Waals surface area contributed by atoms with Gasteiger partial charge in [-0.1, -0.05) is 6.07 Å². The molecule has 0 aliphatic carbocycles. The molecule has 1 saturated heterocycles. The first-order chi connectivity index (χ1) is 6.68. The molecule has 0 bridgehead atoms. The monoisotopic (exact) mass is 232 g/mol. The summed E-state index contributed by atoms with van der Waals surface area (Å²) >= 11 is 1.65.